The molecular weight excluding hydrogens is 332 g/mol. The highest BCUT2D eigenvalue weighted by atomic mass is 35.5. The third kappa shape index (κ3) is 3.97. The monoisotopic (exact) mass is 344 g/mol. The fourth-order valence-corrected chi connectivity index (χ4v) is 2.10. The summed E-state index contributed by atoms with van der Waals surface area (Å²) in [4.78, 5) is 12.2. The van der Waals surface area contributed by atoms with Crippen LogP contribution in [-0.2, 0) is 4.79 Å². The number of nitriles is 1. The van der Waals surface area contributed by atoms with Gasteiger partial charge >= 0.3 is 0 Å². The lowest BCUT2D eigenvalue weighted by atomic mass is 10.1. The van der Waals surface area contributed by atoms with Crippen molar-refractivity contribution < 1.29 is 19.7 Å². The van der Waals surface area contributed by atoms with E-state index in [9.17, 15) is 15.0 Å². The number of carbonyl (C=O) groups excluding carboxylic acids is 1. The molecule has 3 N–H and O–H groups in total. The Morgan fingerprint density at radius 3 is 2.50 bits per heavy atom. The molecule has 2 rings (SSSR count). The lowest BCUT2D eigenvalue weighted by molar-refractivity contribution is -0.112. The first-order chi connectivity index (χ1) is 11.4. The Hall–Kier alpha value is -3.17. The smallest absolute Gasteiger partial charge is 0.266 e. The summed E-state index contributed by atoms with van der Waals surface area (Å²) >= 11 is 5.75. The SMILES string of the molecule is COc1ccc(NC(=O)/C(C#N)=C/c2cc(O)c(O)c(Cl)c2)cc1. The molecule has 0 spiro atoms. The minimum absolute atomic E-state index is 0.0888. The van der Waals surface area contributed by atoms with Crippen LogP contribution in [0.1, 0.15) is 5.56 Å². The van der Waals surface area contributed by atoms with Crippen LogP contribution >= 0.6 is 11.6 Å². The van der Waals surface area contributed by atoms with Crippen molar-refractivity contribution in [2.75, 3.05) is 12.4 Å². The minimum atomic E-state index is -0.619. The number of halogens is 1. The first-order valence-corrected chi connectivity index (χ1v) is 7.11. The highest BCUT2D eigenvalue weighted by Crippen LogP contribution is 2.34. The molecule has 1 amide bonds. The maximum Gasteiger partial charge on any atom is 0.266 e. The molecule has 0 heterocycles. The van der Waals surface area contributed by atoms with Crippen molar-refractivity contribution in [2.45, 2.75) is 0 Å². The quantitative estimate of drug-likeness (QED) is 0.448. The molecule has 0 saturated heterocycles. The van der Waals surface area contributed by atoms with Crippen LogP contribution in [-0.4, -0.2) is 23.2 Å². The molecule has 0 fully saturated rings. The minimum Gasteiger partial charge on any atom is -0.504 e. The largest absolute Gasteiger partial charge is 0.504 e. The first kappa shape index (κ1) is 17.2. The summed E-state index contributed by atoms with van der Waals surface area (Å²) in [7, 11) is 1.53. The second kappa shape index (κ2) is 7.40. The molecule has 2 aromatic carbocycles. The van der Waals surface area contributed by atoms with Crippen LogP contribution < -0.4 is 10.1 Å². The van der Waals surface area contributed by atoms with Crippen molar-refractivity contribution >= 4 is 29.3 Å². The standard InChI is InChI=1S/C17H13ClN2O4/c1-24-13-4-2-12(3-5-13)20-17(23)11(9-19)6-10-7-14(18)16(22)15(21)8-10/h2-8,21-22H,1H3,(H,20,23)/b11-6+. The van der Waals surface area contributed by atoms with Gasteiger partial charge in [0.15, 0.2) is 11.5 Å². The van der Waals surface area contributed by atoms with Crippen LogP contribution in [0.3, 0.4) is 0 Å². The summed E-state index contributed by atoms with van der Waals surface area (Å²) in [5.74, 6) is -0.888. The molecular formula is C17H13ClN2O4. The Bertz CT molecular complexity index is 816. The fraction of sp³-hybridized carbons (Fsp3) is 0.0588. The second-order valence-corrected chi connectivity index (χ2v) is 5.13. The molecule has 0 aliphatic rings. The van der Waals surface area contributed by atoms with Gasteiger partial charge in [0.2, 0.25) is 0 Å². The van der Waals surface area contributed by atoms with Crippen LogP contribution in [0.25, 0.3) is 6.08 Å². The highest BCUT2D eigenvalue weighted by Gasteiger charge is 2.12. The summed E-state index contributed by atoms with van der Waals surface area (Å²) in [5.41, 5.74) is 0.609. The average Bonchev–Trinajstić information content (AvgIpc) is 2.58. The fourth-order valence-electron chi connectivity index (χ4n) is 1.88. The van der Waals surface area contributed by atoms with E-state index in [1.165, 1.54) is 25.3 Å². The molecule has 122 valence electrons. The lowest BCUT2D eigenvalue weighted by Gasteiger charge is -2.06. The molecule has 2 aromatic rings. The molecule has 24 heavy (non-hydrogen) atoms. The van der Waals surface area contributed by atoms with E-state index in [4.69, 9.17) is 21.6 Å². The van der Waals surface area contributed by atoms with Crippen LogP contribution in [0.2, 0.25) is 5.02 Å². The van der Waals surface area contributed by atoms with E-state index in [1.54, 1.807) is 30.3 Å². The van der Waals surface area contributed by atoms with Crippen molar-refractivity contribution in [3.8, 4) is 23.3 Å². The predicted octanol–water partition coefficient (Wildman–Crippen LogP) is 3.31. The van der Waals surface area contributed by atoms with Crippen molar-refractivity contribution in [1.82, 2.24) is 0 Å². The van der Waals surface area contributed by atoms with Gasteiger partial charge in [-0.3, -0.25) is 4.79 Å². The molecule has 0 unspecified atom stereocenters. The van der Waals surface area contributed by atoms with Gasteiger partial charge in [0.05, 0.1) is 12.1 Å². The number of methoxy groups -OCH3 is 1. The highest BCUT2D eigenvalue weighted by molar-refractivity contribution is 6.32. The van der Waals surface area contributed by atoms with Crippen LogP contribution in [0.4, 0.5) is 5.69 Å². The number of hydrogen-bond acceptors (Lipinski definition) is 5. The number of nitrogens with zero attached hydrogens (tertiary/aromatic N) is 1. The number of anilines is 1. The molecule has 0 aromatic heterocycles. The number of phenols is 2. The van der Waals surface area contributed by atoms with E-state index in [0.29, 0.717) is 17.0 Å². The number of benzene rings is 2. The van der Waals surface area contributed by atoms with Crippen LogP contribution in [0, 0.1) is 11.3 Å². The van der Waals surface area contributed by atoms with E-state index < -0.39 is 17.4 Å². The third-order valence-corrected chi connectivity index (χ3v) is 3.38. The molecule has 7 heteroatoms. The molecule has 0 bridgehead atoms. The molecule has 0 radical (unpaired) electrons. The first-order valence-electron chi connectivity index (χ1n) is 6.73. The van der Waals surface area contributed by atoms with Crippen molar-refractivity contribution in [3.63, 3.8) is 0 Å². The van der Waals surface area contributed by atoms with Gasteiger partial charge in [-0.25, -0.2) is 0 Å². The van der Waals surface area contributed by atoms with Crippen LogP contribution in [0.5, 0.6) is 17.2 Å². The van der Waals surface area contributed by atoms with Crippen molar-refractivity contribution in [1.29, 1.82) is 5.26 Å². The van der Waals surface area contributed by atoms with Gasteiger partial charge in [0.25, 0.3) is 5.91 Å². The Morgan fingerprint density at radius 2 is 1.96 bits per heavy atom. The third-order valence-electron chi connectivity index (χ3n) is 3.09. The van der Waals surface area contributed by atoms with E-state index in [1.807, 2.05) is 0 Å². The molecule has 0 atom stereocenters. The number of aromatic hydroxyl groups is 2. The normalized spacial score (nSPS) is 10.8. The van der Waals surface area contributed by atoms with Gasteiger partial charge in [0.1, 0.15) is 17.4 Å². The van der Waals surface area contributed by atoms with Gasteiger partial charge in [0, 0.05) is 5.69 Å². The zero-order valence-corrected chi connectivity index (χ0v) is 13.3. The maximum absolute atomic E-state index is 12.2. The number of carbonyl (C=O) groups is 1. The number of rotatable bonds is 4. The molecule has 0 aliphatic carbocycles. The Morgan fingerprint density at radius 1 is 1.29 bits per heavy atom. The lowest BCUT2D eigenvalue weighted by Crippen LogP contribution is -2.13. The molecule has 0 saturated carbocycles. The van der Waals surface area contributed by atoms with Crippen molar-refractivity contribution in [3.05, 3.63) is 52.6 Å². The number of ether oxygens (including phenoxy) is 1. The van der Waals surface area contributed by atoms with E-state index in [2.05, 4.69) is 5.32 Å². The van der Waals surface area contributed by atoms with Crippen molar-refractivity contribution in [2.24, 2.45) is 0 Å². The number of hydrogen-bond donors (Lipinski definition) is 3. The number of nitrogens with one attached hydrogen (secondary N) is 1. The van der Waals surface area contributed by atoms with Gasteiger partial charge in [-0.2, -0.15) is 5.26 Å². The number of amides is 1. The summed E-state index contributed by atoms with van der Waals surface area (Å²) in [5, 5.41) is 30.6. The zero-order chi connectivity index (χ0) is 17.7. The second-order valence-electron chi connectivity index (χ2n) is 4.72. The Kier molecular flexibility index (Phi) is 5.30. The summed E-state index contributed by atoms with van der Waals surface area (Å²) in [6.45, 7) is 0. The van der Waals surface area contributed by atoms with Gasteiger partial charge in [-0.1, -0.05) is 11.6 Å². The number of phenolic OH excluding ortho intramolecular Hbond substituents is 2. The summed E-state index contributed by atoms with van der Waals surface area (Å²) < 4.78 is 5.02. The van der Waals surface area contributed by atoms with E-state index in [-0.39, 0.29) is 10.6 Å². The van der Waals surface area contributed by atoms with Gasteiger partial charge < -0.3 is 20.3 Å². The Labute approximate surface area is 143 Å². The summed E-state index contributed by atoms with van der Waals surface area (Å²) in [6, 6.07) is 10.9. The zero-order valence-electron chi connectivity index (χ0n) is 12.6. The molecule has 6 nitrogen and oxygen atoms in total. The van der Waals surface area contributed by atoms with E-state index in [0.717, 1.165) is 0 Å². The van der Waals surface area contributed by atoms with E-state index >= 15 is 0 Å². The topological polar surface area (TPSA) is 103 Å². The maximum atomic E-state index is 12.2. The average molecular weight is 345 g/mol. The van der Waals surface area contributed by atoms with Crippen LogP contribution in [0.15, 0.2) is 42.0 Å². The summed E-state index contributed by atoms with van der Waals surface area (Å²) in [6.07, 6.45) is 1.25. The Balaban J connectivity index is 2.23. The molecule has 0 aliphatic heterocycles. The van der Waals surface area contributed by atoms with Gasteiger partial charge in [-0.15, -0.1) is 0 Å². The predicted molar refractivity (Wildman–Crippen MR) is 90.0 cm³/mol. The van der Waals surface area contributed by atoms with Gasteiger partial charge in [-0.05, 0) is 48.0 Å².